The number of hydrogen-bond donors (Lipinski definition) is 1. The van der Waals surface area contributed by atoms with Gasteiger partial charge in [-0.3, -0.25) is 9.67 Å². The van der Waals surface area contributed by atoms with Crippen molar-refractivity contribution in [1.82, 2.24) is 25.1 Å². The maximum Gasteiger partial charge on any atom is 0.138 e. The molecule has 0 aromatic carbocycles. The first-order valence-electron chi connectivity index (χ1n) is 7.83. The van der Waals surface area contributed by atoms with Crippen LogP contribution in [0.3, 0.4) is 0 Å². The minimum Gasteiger partial charge on any atom is -0.314 e. The monoisotopic (exact) mass is 287 g/mol. The average Bonchev–Trinajstić information content (AvgIpc) is 2.94. The topological polar surface area (TPSA) is 55.6 Å². The largest absolute Gasteiger partial charge is 0.314 e. The lowest BCUT2D eigenvalue weighted by atomic mass is 10.1. The standard InChI is InChI=1S/C16H25N5/c1-3-11-21-16(19-13-20-21)12-15(17-4-2)9-8-14-7-5-6-10-18-14/h5-7,10,13,15,17H,3-4,8-9,11-12H2,1-2H3. The van der Waals surface area contributed by atoms with Crippen molar-refractivity contribution in [2.45, 2.75) is 52.1 Å². The molecular formula is C16H25N5. The normalized spacial score (nSPS) is 12.5. The van der Waals surface area contributed by atoms with Crippen molar-refractivity contribution in [2.24, 2.45) is 0 Å². The lowest BCUT2D eigenvalue weighted by Crippen LogP contribution is -2.32. The second-order valence-corrected chi connectivity index (χ2v) is 5.22. The van der Waals surface area contributed by atoms with Crippen LogP contribution in [0.15, 0.2) is 30.7 Å². The fraction of sp³-hybridized carbons (Fsp3) is 0.562. The molecule has 2 rings (SSSR count). The average molecular weight is 287 g/mol. The molecule has 0 aliphatic heterocycles. The first-order valence-corrected chi connectivity index (χ1v) is 7.83. The van der Waals surface area contributed by atoms with Crippen molar-refractivity contribution in [3.8, 4) is 0 Å². The number of nitrogens with zero attached hydrogens (tertiary/aromatic N) is 4. The zero-order valence-corrected chi connectivity index (χ0v) is 13.0. The van der Waals surface area contributed by atoms with Crippen LogP contribution in [0.1, 0.15) is 38.2 Å². The second kappa shape index (κ2) is 8.52. The summed E-state index contributed by atoms with van der Waals surface area (Å²) in [5.41, 5.74) is 1.15. The first kappa shape index (κ1) is 15.6. The number of likely N-dealkylation sites (N-methyl/N-ethyl adjacent to an activating group) is 1. The summed E-state index contributed by atoms with van der Waals surface area (Å²) < 4.78 is 2.02. The Morgan fingerprint density at radius 1 is 1.24 bits per heavy atom. The van der Waals surface area contributed by atoms with Gasteiger partial charge in [0.2, 0.25) is 0 Å². The molecule has 0 aliphatic rings. The van der Waals surface area contributed by atoms with Crippen molar-refractivity contribution in [1.29, 1.82) is 0 Å². The number of aromatic nitrogens is 4. The zero-order valence-electron chi connectivity index (χ0n) is 13.0. The molecule has 0 saturated carbocycles. The van der Waals surface area contributed by atoms with Crippen LogP contribution in [0.25, 0.3) is 0 Å². The van der Waals surface area contributed by atoms with E-state index in [9.17, 15) is 0 Å². The molecule has 2 aromatic rings. The molecule has 0 saturated heterocycles. The van der Waals surface area contributed by atoms with E-state index in [0.717, 1.165) is 50.3 Å². The Kier molecular flexibility index (Phi) is 6.34. The van der Waals surface area contributed by atoms with E-state index >= 15 is 0 Å². The molecular weight excluding hydrogens is 262 g/mol. The Hall–Kier alpha value is -1.75. The smallest absolute Gasteiger partial charge is 0.138 e. The molecule has 1 unspecified atom stereocenters. The van der Waals surface area contributed by atoms with Crippen LogP contribution < -0.4 is 5.32 Å². The molecule has 0 bridgehead atoms. The molecule has 2 heterocycles. The van der Waals surface area contributed by atoms with Crippen molar-refractivity contribution in [3.63, 3.8) is 0 Å². The summed E-state index contributed by atoms with van der Waals surface area (Å²) in [5, 5.41) is 7.85. The van der Waals surface area contributed by atoms with Gasteiger partial charge in [-0.1, -0.05) is 19.9 Å². The molecule has 1 atom stereocenters. The number of nitrogens with one attached hydrogen (secondary N) is 1. The number of rotatable bonds is 9. The lowest BCUT2D eigenvalue weighted by Gasteiger charge is -2.17. The Labute approximate surface area is 126 Å². The van der Waals surface area contributed by atoms with Gasteiger partial charge in [0.05, 0.1) is 0 Å². The van der Waals surface area contributed by atoms with Crippen molar-refractivity contribution in [3.05, 3.63) is 42.2 Å². The lowest BCUT2D eigenvalue weighted by molar-refractivity contribution is 0.459. The van der Waals surface area contributed by atoms with Gasteiger partial charge in [0, 0.05) is 30.9 Å². The highest BCUT2D eigenvalue weighted by Gasteiger charge is 2.13. The molecule has 1 N–H and O–H groups in total. The van der Waals surface area contributed by atoms with E-state index in [-0.39, 0.29) is 0 Å². The fourth-order valence-electron chi connectivity index (χ4n) is 2.50. The second-order valence-electron chi connectivity index (χ2n) is 5.22. The SMILES string of the molecule is CCCn1ncnc1CC(CCc1ccccn1)NCC. The Morgan fingerprint density at radius 2 is 2.14 bits per heavy atom. The van der Waals surface area contributed by atoms with E-state index in [1.54, 1.807) is 6.33 Å². The number of aryl methyl sites for hydroxylation is 2. The molecule has 0 amide bonds. The minimum absolute atomic E-state index is 0.414. The van der Waals surface area contributed by atoms with E-state index in [1.165, 1.54) is 0 Å². The van der Waals surface area contributed by atoms with E-state index in [0.29, 0.717) is 6.04 Å². The van der Waals surface area contributed by atoms with Gasteiger partial charge < -0.3 is 5.32 Å². The van der Waals surface area contributed by atoms with Crippen LogP contribution in [0, 0.1) is 0 Å². The minimum atomic E-state index is 0.414. The van der Waals surface area contributed by atoms with Gasteiger partial charge in [-0.25, -0.2) is 4.98 Å². The highest BCUT2D eigenvalue weighted by Crippen LogP contribution is 2.08. The molecule has 21 heavy (non-hydrogen) atoms. The van der Waals surface area contributed by atoms with Crippen LogP contribution in [-0.2, 0) is 19.4 Å². The Balaban J connectivity index is 1.93. The Morgan fingerprint density at radius 3 is 2.86 bits per heavy atom. The third kappa shape index (κ3) is 4.93. The molecule has 5 nitrogen and oxygen atoms in total. The highest BCUT2D eigenvalue weighted by molar-refractivity contribution is 5.04. The molecule has 114 valence electrons. The predicted octanol–water partition coefficient (Wildman–Crippen LogP) is 2.24. The molecule has 2 aromatic heterocycles. The van der Waals surface area contributed by atoms with E-state index in [1.807, 2.05) is 23.0 Å². The van der Waals surface area contributed by atoms with Gasteiger partial charge in [0.15, 0.2) is 0 Å². The van der Waals surface area contributed by atoms with Gasteiger partial charge in [-0.15, -0.1) is 0 Å². The van der Waals surface area contributed by atoms with Gasteiger partial charge in [-0.2, -0.15) is 5.10 Å². The third-order valence-electron chi connectivity index (χ3n) is 3.53. The van der Waals surface area contributed by atoms with Crippen molar-refractivity contribution >= 4 is 0 Å². The van der Waals surface area contributed by atoms with Crippen LogP contribution >= 0.6 is 0 Å². The summed E-state index contributed by atoms with van der Waals surface area (Å²) in [6, 6.07) is 6.50. The number of hydrogen-bond acceptors (Lipinski definition) is 4. The molecule has 0 aliphatic carbocycles. The summed E-state index contributed by atoms with van der Waals surface area (Å²) in [6.07, 6.45) is 7.56. The molecule has 5 heteroatoms. The van der Waals surface area contributed by atoms with E-state index in [4.69, 9.17) is 0 Å². The molecule has 0 fully saturated rings. The summed E-state index contributed by atoms with van der Waals surface area (Å²) >= 11 is 0. The van der Waals surface area contributed by atoms with Gasteiger partial charge >= 0.3 is 0 Å². The van der Waals surface area contributed by atoms with Crippen LogP contribution in [0.2, 0.25) is 0 Å². The molecule has 0 spiro atoms. The Bertz CT molecular complexity index is 508. The van der Waals surface area contributed by atoms with E-state index in [2.05, 4.69) is 40.3 Å². The van der Waals surface area contributed by atoms with Crippen LogP contribution in [-0.4, -0.2) is 32.3 Å². The highest BCUT2D eigenvalue weighted by atomic mass is 15.3. The summed E-state index contributed by atoms with van der Waals surface area (Å²) in [7, 11) is 0. The third-order valence-corrected chi connectivity index (χ3v) is 3.53. The summed E-state index contributed by atoms with van der Waals surface area (Å²) in [4.78, 5) is 8.80. The molecule has 0 radical (unpaired) electrons. The van der Waals surface area contributed by atoms with Crippen LogP contribution in [0.5, 0.6) is 0 Å². The summed E-state index contributed by atoms with van der Waals surface area (Å²) in [5.74, 6) is 1.07. The van der Waals surface area contributed by atoms with Crippen LogP contribution in [0.4, 0.5) is 0 Å². The quantitative estimate of drug-likeness (QED) is 0.768. The summed E-state index contributed by atoms with van der Waals surface area (Å²) in [6.45, 7) is 6.21. The zero-order chi connectivity index (χ0) is 14.9. The fourth-order valence-corrected chi connectivity index (χ4v) is 2.50. The first-order chi connectivity index (χ1) is 10.3. The predicted molar refractivity (Wildman–Crippen MR) is 84.0 cm³/mol. The van der Waals surface area contributed by atoms with Crippen molar-refractivity contribution in [2.75, 3.05) is 6.54 Å². The van der Waals surface area contributed by atoms with Gasteiger partial charge in [-0.05, 0) is 37.9 Å². The van der Waals surface area contributed by atoms with Crippen molar-refractivity contribution < 1.29 is 0 Å². The van der Waals surface area contributed by atoms with Gasteiger partial charge in [0.25, 0.3) is 0 Å². The number of pyridine rings is 1. The van der Waals surface area contributed by atoms with E-state index < -0.39 is 0 Å². The maximum absolute atomic E-state index is 4.41. The van der Waals surface area contributed by atoms with Gasteiger partial charge in [0.1, 0.15) is 12.2 Å². The maximum atomic E-state index is 4.41.